The Hall–Kier alpha value is -1.10. The molecular formula is C16H25NO3. The highest BCUT2D eigenvalue weighted by Crippen LogP contribution is 2.23. The fourth-order valence-electron chi connectivity index (χ4n) is 1.98. The fourth-order valence-corrected chi connectivity index (χ4v) is 1.98. The SMILES string of the molecule is COCCOCCOc1ccc(C)cc1CNC1CC1. The van der Waals surface area contributed by atoms with Crippen LogP contribution < -0.4 is 10.1 Å². The van der Waals surface area contributed by atoms with Gasteiger partial charge in [0, 0.05) is 25.3 Å². The lowest BCUT2D eigenvalue weighted by Gasteiger charge is -2.13. The summed E-state index contributed by atoms with van der Waals surface area (Å²) in [5, 5.41) is 3.53. The van der Waals surface area contributed by atoms with Gasteiger partial charge in [0.25, 0.3) is 0 Å². The molecule has 1 aromatic rings. The lowest BCUT2D eigenvalue weighted by molar-refractivity contribution is 0.0542. The summed E-state index contributed by atoms with van der Waals surface area (Å²) in [6, 6.07) is 7.04. The number of aryl methyl sites for hydroxylation is 1. The highest BCUT2D eigenvalue weighted by Gasteiger charge is 2.20. The Labute approximate surface area is 121 Å². The normalized spacial score (nSPS) is 14.5. The minimum atomic E-state index is 0.573. The van der Waals surface area contributed by atoms with Crippen LogP contribution in [0, 0.1) is 6.92 Å². The van der Waals surface area contributed by atoms with Crippen molar-refractivity contribution >= 4 is 0 Å². The van der Waals surface area contributed by atoms with Crippen molar-refractivity contribution in [1.82, 2.24) is 5.32 Å². The molecule has 0 unspecified atom stereocenters. The molecular weight excluding hydrogens is 254 g/mol. The van der Waals surface area contributed by atoms with E-state index in [1.54, 1.807) is 7.11 Å². The largest absolute Gasteiger partial charge is 0.491 e. The molecule has 4 heteroatoms. The van der Waals surface area contributed by atoms with Crippen molar-refractivity contribution < 1.29 is 14.2 Å². The molecule has 0 spiro atoms. The van der Waals surface area contributed by atoms with Crippen molar-refractivity contribution in [1.29, 1.82) is 0 Å². The number of nitrogens with one attached hydrogen (secondary N) is 1. The zero-order valence-corrected chi connectivity index (χ0v) is 12.5. The van der Waals surface area contributed by atoms with Crippen molar-refractivity contribution in [3.05, 3.63) is 29.3 Å². The third-order valence-corrected chi connectivity index (χ3v) is 3.29. The Balaban J connectivity index is 1.76. The van der Waals surface area contributed by atoms with Gasteiger partial charge in [0.2, 0.25) is 0 Å². The Morgan fingerprint density at radius 3 is 2.70 bits per heavy atom. The highest BCUT2D eigenvalue weighted by molar-refractivity contribution is 5.37. The molecule has 0 aromatic heterocycles. The average molecular weight is 279 g/mol. The highest BCUT2D eigenvalue weighted by atomic mass is 16.5. The first-order valence-electron chi connectivity index (χ1n) is 7.32. The molecule has 1 fully saturated rings. The number of hydrogen-bond acceptors (Lipinski definition) is 4. The maximum absolute atomic E-state index is 5.82. The van der Waals surface area contributed by atoms with Crippen LogP contribution in [0.3, 0.4) is 0 Å². The molecule has 0 amide bonds. The van der Waals surface area contributed by atoms with Crippen molar-refractivity contribution in [3.63, 3.8) is 0 Å². The van der Waals surface area contributed by atoms with Crippen LogP contribution in [0.5, 0.6) is 5.75 Å². The molecule has 0 bridgehead atoms. The Kier molecular flexibility index (Phi) is 6.30. The topological polar surface area (TPSA) is 39.7 Å². The van der Waals surface area contributed by atoms with Crippen LogP contribution in [-0.2, 0) is 16.0 Å². The van der Waals surface area contributed by atoms with E-state index in [2.05, 4.69) is 24.4 Å². The van der Waals surface area contributed by atoms with Crippen LogP contribution >= 0.6 is 0 Å². The van der Waals surface area contributed by atoms with Crippen molar-refractivity contribution in [2.45, 2.75) is 32.4 Å². The van der Waals surface area contributed by atoms with Gasteiger partial charge in [-0.25, -0.2) is 0 Å². The third kappa shape index (κ3) is 5.49. The number of rotatable bonds is 10. The standard InChI is InChI=1S/C16H25NO3/c1-13-3-6-16(20-10-9-19-8-7-18-2)14(11-13)12-17-15-4-5-15/h3,6,11,15,17H,4-5,7-10,12H2,1-2H3. The minimum absolute atomic E-state index is 0.573. The van der Waals surface area contributed by atoms with Crippen LogP contribution in [0.2, 0.25) is 0 Å². The summed E-state index contributed by atoms with van der Waals surface area (Å²) in [6.07, 6.45) is 2.60. The lowest BCUT2D eigenvalue weighted by Crippen LogP contribution is -2.17. The molecule has 1 aliphatic carbocycles. The van der Waals surface area contributed by atoms with Gasteiger partial charge in [0.05, 0.1) is 19.8 Å². The number of methoxy groups -OCH3 is 1. The molecule has 4 nitrogen and oxygen atoms in total. The number of ether oxygens (including phenoxy) is 3. The predicted octanol–water partition coefficient (Wildman–Crippen LogP) is 2.29. The molecule has 1 aliphatic rings. The molecule has 0 saturated heterocycles. The predicted molar refractivity (Wildman–Crippen MR) is 79.2 cm³/mol. The summed E-state index contributed by atoms with van der Waals surface area (Å²) >= 11 is 0. The first-order valence-corrected chi connectivity index (χ1v) is 7.32. The van der Waals surface area contributed by atoms with E-state index >= 15 is 0 Å². The summed E-state index contributed by atoms with van der Waals surface area (Å²) in [6.45, 7) is 5.39. The molecule has 1 saturated carbocycles. The molecule has 0 heterocycles. The average Bonchev–Trinajstić information content (AvgIpc) is 3.26. The lowest BCUT2D eigenvalue weighted by atomic mass is 10.1. The van der Waals surface area contributed by atoms with Crippen molar-refractivity contribution in [2.24, 2.45) is 0 Å². The maximum atomic E-state index is 5.82. The summed E-state index contributed by atoms with van der Waals surface area (Å²) < 4.78 is 16.1. The van der Waals surface area contributed by atoms with Crippen LogP contribution in [0.25, 0.3) is 0 Å². The van der Waals surface area contributed by atoms with Crippen molar-refractivity contribution in [2.75, 3.05) is 33.5 Å². The molecule has 2 rings (SSSR count). The van der Waals surface area contributed by atoms with Gasteiger partial charge >= 0.3 is 0 Å². The van der Waals surface area contributed by atoms with E-state index in [0.29, 0.717) is 32.5 Å². The molecule has 0 aliphatic heterocycles. The van der Waals surface area contributed by atoms with Crippen LogP contribution in [0.1, 0.15) is 24.0 Å². The second-order valence-corrected chi connectivity index (χ2v) is 5.22. The maximum Gasteiger partial charge on any atom is 0.123 e. The minimum Gasteiger partial charge on any atom is -0.491 e. The van der Waals surface area contributed by atoms with E-state index in [1.165, 1.54) is 24.0 Å². The van der Waals surface area contributed by atoms with Gasteiger partial charge in [0.1, 0.15) is 12.4 Å². The first kappa shape index (κ1) is 15.3. The van der Waals surface area contributed by atoms with E-state index in [4.69, 9.17) is 14.2 Å². The Morgan fingerprint density at radius 2 is 1.95 bits per heavy atom. The molecule has 112 valence electrons. The van der Waals surface area contributed by atoms with Gasteiger partial charge in [0.15, 0.2) is 0 Å². The summed E-state index contributed by atoms with van der Waals surface area (Å²) in [4.78, 5) is 0. The quantitative estimate of drug-likeness (QED) is 0.667. The zero-order valence-electron chi connectivity index (χ0n) is 12.5. The van der Waals surface area contributed by atoms with Crippen LogP contribution in [0.4, 0.5) is 0 Å². The number of benzene rings is 1. The van der Waals surface area contributed by atoms with E-state index in [1.807, 2.05) is 6.07 Å². The van der Waals surface area contributed by atoms with Gasteiger partial charge in [-0.3, -0.25) is 0 Å². The summed E-state index contributed by atoms with van der Waals surface area (Å²) in [5.41, 5.74) is 2.50. The monoisotopic (exact) mass is 279 g/mol. The smallest absolute Gasteiger partial charge is 0.123 e. The van der Waals surface area contributed by atoms with Gasteiger partial charge in [-0.15, -0.1) is 0 Å². The van der Waals surface area contributed by atoms with Crippen LogP contribution in [-0.4, -0.2) is 39.6 Å². The number of hydrogen-bond donors (Lipinski definition) is 1. The third-order valence-electron chi connectivity index (χ3n) is 3.29. The zero-order chi connectivity index (χ0) is 14.2. The fraction of sp³-hybridized carbons (Fsp3) is 0.625. The summed E-state index contributed by atoms with van der Waals surface area (Å²) in [7, 11) is 1.67. The van der Waals surface area contributed by atoms with Crippen molar-refractivity contribution in [3.8, 4) is 5.75 Å². The van der Waals surface area contributed by atoms with E-state index in [0.717, 1.165) is 12.3 Å². The molecule has 0 atom stereocenters. The Bertz CT molecular complexity index is 405. The first-order chi connectivity index (χ1) is 9.79. The van der Waals surface area contributed by atoms with Gasteiger partial charge in [-0.05, 0) is 25.8 Å². The van der Waals surface area contributed by atoms with E-state index in [-0.39, 0.29) is 0 Å². The Morgan fingerprint density at radius 1 is 1.15 bits per heavy atom. The van der Waals surface area contributed by atoms with E-state index < -0.39 is 0 Å². The van der Waals surface area contributed by atoms with Gasteiger partial charge < -0.3 is 19.5 Å². The second kappa shape index (κ2) is 8.25. The van der Waals surface area contributed by atoms with Gasteiger partial charge in [-0.2, -0.15) is 0 Å². The van der Waals surface area contributed by atoms with Crippen LogP contribution in [0.15, 0.2) is 18.2 Å². The second-order valence-electron chi connectivity index (χ2n) is 5.22. The molecule has 1 aromatic carbocycles. The molecule has 20 heavy (non-hydrogen) atoms. The van der Waals surface area contributed by atoms with E-state index in [9.17, 15) is 0 Å². The molecule has 1 N–H and O–H groups in total. The molecule has 0 radical (unpaired) electrons. The van der Waals surface area contributed by atoms with Gasteiger partial charge in [-0.1, -0.05) is 17.7 Å². The summed E-state index contributed by atoms with van der Waals surface area (Å²) in [5.74, 6) is 0.957.